The van der Waals surface area contributed by atoms with Crippen LogP contribution in [0, 0.1) is 0 Å². The monoisotopic (exact) mass is 381 g/mol. The van der Waals surface area contributed by atoms with E-state index in [1.807, 2.05) is 28.9 Å². The maximum absolute atomic E-state index is 4.57. The van der Waals surface area contributed by atoms with Crippen LogP contribution in [0.1, 0.15) is 5.69 Å². The molecule has 0 saturated carbocycles. The number of fused-ring (bicyclic) bond motifs is 1. The van der Waals surface area contributed by atoms with Crippen molar-refractivity contribution in [1.29, 1.82) is 0 Å². The summed E-state index contributed by atoms with van der Waals surface area (Å²) < 4.78 is 3.98. The van der Waals surface area contributed by atoms with E-state index >= 15 is 0 Å². The van der Waals surface area contributed by atoms with Crippen molar-refractivity contribution in [1.82, 2.24) is 19.6 Å². The van der Waals surface area contributed by atoms with Gasteiger partial charge in [0.2, 0.25) is 5.13 Å². The lowest BCUT2D eigenvalue weighted by molar-refractivity contribution is 1.01. The van der Waals surface area contributed by atoms with E-state index in [9.17, 15) is 0 Å². The van der Waals surface area contributed by atoms with Crippen molar-refractivity contribution in [2.45, 2.75) is 10.1 Å². The first-order chi connectivity index (χ1) is 10.2. The van der Waals surface area contributed by atoms with E-state index in [1.54, 1.807) is 29.2 Å². The van der Waals surface area contributed by atoms with E-state index in [-0.39, 0.29) is 0 Å². The van der Waals surface area contributed by atoms with Crippen LogP contribution >= 0.6 is 39.0 Å². The molecule has 0 aromatic carbocycles. The number of hydrogen-bond donors (Lipinski definition) is 1. The molecule has 0 amide bonds. The van der Waals surface area contributed by atoms with Gasteiger partial charge < -0.3 is 9.72 Å². The summed E-state index contributed by atoms with van der Waals surface area (Å²) in [7, 11) is 0. The molecule has 8 heteroatoms. The number of nitrogens with one attached hydrogen (secondary N) is 1. The van der Waals surface area contributed by atoms with Gasteiger partial charge in [0, 0.05) is 29.2 Å². The summed E-state index contributed by atoms with van der Waals surface area (Å²) in [5.41, 5.74) is 1.97. The largest absolute Gasteiger partial charge is 0.357 e. The van der Waals surface area contributed by atoms with Crippen LogP contribution in [0.3, 0.4) is 0 Å². The van der Waals surface area contributed by atoms with Crippen LogP contribution in [-0.2, 0) is 5.75 Å². The van der Waals surface area contributed by atoms with Crippen LogP contribution in [0.4, 0.5) is 5.13 Å². The summed E-state index contributed by atoms with van der Waals surface area (Å²) >= 11 is 6.64. The number of nitrogens with zero attached hydrogens (tertiary/aromatic N) is 4. The Morgan fingerprint density at radius 3 is 3.14 bits per heavy atom. The molecule has 1 N–H and O–H groups in total. The van der Waals surface area contributed by atoms with Gasteiger partial charge in [-0.2, -0.15) is 0 Å². The molecule has 0 unspecified atom stereocenters. The molecule has 0 fully saturated rings. The minimum Gasteiger partial charge on any atom is -0.357 e. The lowest BCUT2D eigenvalue weighted by atomic mass is 10.5. The van der Waals surface area contributed by atoms with E-state index in [1.165, 1.54) is 0 Å². The van der Waals surface area contributed by atoms with Crippen LogP contribution in [-0.4, -0.2) is 26.1 Å². The molecule has 108 valence electrons. The zero-order chi connectivity index (χ0) is 14.7. The molecule has 21 heavy (non-hydrogen) atoms. The Kier molecular flexibility index (Phi) is 4.57. The normalized spacial score (nSPS) is 10.9. The first kappa shape index (κ1) is 14.6. The lowest BCUT2D eigenvalue weighted by Gasteiger charge is -1.93. The highest BCUT2D eigenvalue weighted by Crippen LogP contribution is 2.28. The first-order valence-electron chi connectivity index (χ1n) is 6.19. The number of aromatic nitrogens is 4. The van der Waals surface area contributed by atoms with Gasteiger partial charge in [-0.3, -0.25) is 0 Å². The van der Waals surface area contributed by atoms with Gasteiger partial charge >= 0.3 is 0 Å². The van der Waals surface area contributed by atoms with Crippen molar-refractivity contribution in [3.8, 4) is 0 Å². The van der Waals surface area contributed by atoms with Gasteiger partial charge in [0.25, 0.3) is 0 Å². The second-order valence-electron chi connectivity index (χ2n) is 4.18. The van der Waals surface area contributed by atoms with Gasteiger partial charge in [-0.25, -0.2) is 4.98 Å². The van der Waals surface area contributed by atoms with Crippen LogP contribution in [0.5, 0.6) is 0 Å². The van der Waals surface area contributed by atoms with Crippen molar-refractivity contribution in [3.63, 3.8) is 0 Å². The fraction of sp³-hybridized carbons (Fsp3) is 0.154. The van der Waals surface area contributed by atoms with Crippen LogP contribution in [0.25, 0.3) is 5.65 Å². The van der Waals surface area contributed by atoms with Gasteiger partial charge in [0.15, 0.2) is 4.34 Å². The molecule has 0 aliphatic rings. The van der Waals surface area contributed by atoms with E-state index in [0.29, 0.717) is 6.54 Å². The highest BCUT2D eigenvalue weighted by Gasteiger charge is 2.07. The number of imidazole rings is 1. The first-order valence-corrected chi connectivity index (χ1v) is 8.78. The molecule has 3 aromatic heterocycles. The third-order valence-corrected chi connectivity index (χ3v) is 5.13. The molecule has 0 atom stereocenters. The fourth-order valence-corrected chi connectivity index (χ4v) is 3.72. The standard InChI is InChI=1S/C13H12BrN5S2/c1-2-5-15-12-17-18-13(21-12)20-8-10-7-19-6-9(14)3-4-11(19)16-10/h2-4,6-7H,1,5,8H2,(H,15,17). The predicted octanol–water partition coefficient (Wildman–Crippen LogP) is 3.84. The molecule has 0 aliphatic carbocycles. The third-order valence-electron chi connectivity index (χ3n) is 2.61. The summed E-state index contributed by atoms with van der Waals surface area (Å²) in [6.45, 7) is 4.36. The topological polar surface area (TPSA) is 55.1 Å². The second-order valence-corrected chi connectivity index (χ2v) is 7.29. The Morgan fingerprint density at radius 1 is 1.38 bits per heavy atom. The number of pyridine rings is 1. The zero-order valence-electron chi connectivity index (χ0n) is 11.0. The zero-order valence-corrected chi connectivity index (χ0v) is 14.2. The van der Waals surface area contributed by atoms with Crippen LogP contribution < -0.4 is 5.32 Å². The Bertz CT molecular complexity index is 767. The smallest absolute Gasteiger partial charge is 0.206 e. The number of thioether (sulfide) groups is 1. The van der Waals surface area contributed by atoms with Gasteiger partial charge in [-0.15, -0.1) is 16.8 Å². The van der Waals surface area contributed by atoms with E-state index < -0.39 is 0 Å². The molecule has 3 aromatic rings. The van der Waals surface area contributed by atoms with Crippen molar-refractivity contribution in [3.05, 3.63) is 47.3 Å². The quantitative estimate of drug-likeness (QED) is 0.519. The van der Waals surface area contributed by atoms with Crippen LogP contribution in [0.15, 0.2) is 46.0 Å². The average molecular weight is 382 g/mol. The van der Waals surface area contributed by atoms with Crippen molar-refractivity contribution >= 4 is 49.8 Å². The minimum absolute atomic E-state index is 0.695. The Balaban J connectivity index is 1.65. The summed E-state index contributed by atoms with van der Waals surface area (Å²) in [4.78, 5) is 4.57. The molecule has 5 nitrogen and oxygen atoms in total. The Labute approximate surface area is 138 Å². The lowest BCUT2D eigenvalue weighted by Crippen LogP contribution is -1.96. The van der Waals surface area contributed by atoms with Crippen LogP contribution in [0.2, 0.25) is 0 Å². The molecule has 3 heterocycles. The van der Waals surface area contributed by atoms with E-state index in [2.05, 4.69) is 43.0 Å². The van der Waals surface area contributed by atoms with Gasteiger partial charge in [-0.1, -0.05) is 29.2 Å². The summed E-state index contributed by atoms with van der Waals surface area (Å²) in [6.07, 6.45) is 5.83. The fourth-order valence-electron chi connectivity index (χ4n) is 1.72. The summed E-state index contributed by atoms with van der Waals surface area (Å²) in [5.74, 6) is 0.773. The van der Waals surface area contributed by atoms with Gasteiger partial charge in [0.1, 0.15) is 5.65 Å². The molecule has 0 saturated heterocycles. The molecular weight excluding hydrogens is 370 g/mol. The second kappa shape index (κ2) is 6.59. The van der Waals surface area contributed by atoms with E-state index in [0.717, 1.165) is 31.0 Å². The maximum Gasteiger partial charge on any atom is 0.206 e. The average Bonchev–Trinajstić information content (AvgIpc) is 3.08. The number of hydrogen-bond acceptors (Lipinski definition) is 6. The molecule has 0 radical (unpaired) electrons. The Morgan fingerprint density at radius 2 is 2.29 bits per heavy atom. The maximum atomic E-state index is 4.57. The number of rotatable bonds is 6. The van der Waals surface area contributed by atoms with Crippen molar-refractivity contribution in [2.75, 3.05) is 11.9 Å². The highest BCUT2D eigenvalue weighted by atomic mass is 79.9. The molecule has 0 spiro atoms. The molecular formula is C13H12BrN5S2. The van der Waals surface area contributed by atoms with Crippen molar-refractivity contribution in [2.24, 2.45) is 0 Å². The minimum atomic E-state index is 0.695. The predicted molar refractivity (Wildman–Crippen MR) is 91.0 cm³/mol. The number of halogens is 1. The molecule has 3 rings (SSSR count). The van der Waals surface area contributed by atoms with Gasteiger partial charge in [0.05, 0.1) is 5.69 Å². The molecule has 0 aliphatic heterocycles. The van der Waals surface area contributed by atoms with Gasteiger partial charge in [-0.05, 0) is 28.1 Å². The van der Waals surface area contributed by atoms with E-state index in [4.69, 9.17) is 0 Å². The SMILES string of the molecule is C=CCNc1nnc(SCc2cn3cc(Br)ccc3n2)s1. The summed E-state index contributed by atoms with van der Waals surface area (Å²) in [5, 5.41) is 12.2. The molecule has 0 bridgehead atoms. The van der Waals surface area contributed by atoms with Crippen molar-refractivity contribution < 1.29 is 0 Å². The third kappa shape index (κ3) is 3.63. The highest BCUT2D eigenvalue weighted by molar-refractivity contribution is 9.10. The summed E-state index contributed by atoms with van der Waals surface area (Å²) in [6, 6.07) is 3.97. The number of anilines is 1. The Hall–Kier alpha value is -1.38.